The zero-order valence-corrected chi connectivity index (χ0v) is 19.5. The number of imide groups is 1. The van der Waals surface area contributed by atoms with E-state index in [1.54, 1.807) is 36.4 Å². The number of halogens is 1. The molecule has 1 heterocycles. The maximum atomic E-state index is 12.8. The van der Waals surface area contributed by atoms with Crippen molar-refractivity contribution in [3.8, 4) is 5.75 Å². The molecule has 7 nitrogen and oxygen atoms in total. The topological polar surface area (TPSA) is 89.8 Å². The summed E-state index contributed by atoms with van der Waals surface area (Å²) in [5.41, 5.74) is 1.93. The van der Waals surface area contributed by atoms with Crippen molar-refractivity contribution in [2.75, 3.05) is 0 Å². The van der Waals surface area contributed by atoms with E-state index < -0.39 is 16.1 Å². The number of ether oxygens (including phenoxy) is 1. The molecule has 1 saturated heterocycles. The Balaban J connectivity index is 1.48. The van der Waals surface area contributed by atoms with Crippen molar-refractivity contribution in [3.63, 3.8) is 0 Å². The second-order valence-electron chi connectivity index (χ2n) is 7.12. The van der Waals surface area contributed by atoms with Crippen LogP contribution in [0, 0.1) is 10.1 Å². The van der Waals surface area contributed by atoms with E-state index in [-0.39, 0.29) is 17.1 Å². The Bertz CT molecular complexity index is 1260. The first-order chi connectivity index (χ1) is 15.9. The molecule has 0 atom stereocenters. The quantitative estimate of drug-likeness (QED) is 0.208. The zero-order valence-electron chi connectivity index (χ0n) is 17.1. The van der Waals surface area contributed by atoms with Crippen LogP contribution < -0.4 is 4.74 Å². The first-order valence-corrected chi connectivity index (χ1v) is 11.5. The lowest BCUT2D eigenvalue weighted by Gasteiger charge is -2.12. The number of benzene rings is 3. The molecular formula is C24H17BrN2O5S. The summed E-state index contributed by atoms with van der Waals surface area (Å²) < 4.78 is 6.56. The molecule has 0 saturated carbocycles. The molecule has 4 rings (SSSR count). The minimum absolute atomic E-state index is 0.129. The lowest BCUT2D eigenvalue weighted by molar-refractivity contribution is -0.385. The van der Waals surface area contributed by atoms with Crippen LogP contribution in [0.15, 0.2) is 82.2 Å². The highest BCUT2D eigenvalue weighted by Crippen LogP contribution is 2.35. The Hall–Kier alpha value is -3.43. The molecular weight excluding hydrogens is 508 g/mol. The summed E-state index contributed by atoms with van der Waals surface area (Å²) in [5.74, 6) is 0.171. The van der Waals surface area contributed by atoms with E-state index in [1.807, 2.05) is 30.3 Å². The van der Waals surface area contributed by atoms with Gasteiger partial charge in [-0.05, 0) is 57.0 Å². The number of carbonyl (C=O) groups excluding carboxylic acids is 2. The minimum atomic E-state index is -0.525. The molecule has 1 aliphatic rings. The number of carbonyl (C=O) groups is 2. The van der Waals surface area contributed by atoms with Gasteiger partial charge in [0, 0.05) is 11.6 Å². The predicted molar refractivity (Wildman–Crippen MR) is 130 cm³/mol. The molecule has 0 radical (unpaired) electrons. The van der Waals surface area contributed by atoms with Gasteiger partial charge in [0.15, 0.2) is 0 Å². The lowest BCUT2D eigenvalue weighted by Crippen LogP contribution is -2.27. The monoisotopic (exact) mass is 524 g/mol. The Morgan fingerprint density at radius 1 is 1.03 bits per heavy atom. The highest BCUT2D eigenvalue weighted by molar-refractivity contribution is 9.10. The molecule has 1 aliphatic heterocycles. The number of hydrogen-bond acceptors (Lipinski definition) is 6. The third-order valence-electron chi connectivity index (χ3n) is 4.88. The van der Waals surface area contributed by atoms with Gasteiger partial charge in [0.2, 0.25) is 0 Å². The van der Waals surface area contributed by atoms with Gasteiger partial charge in [-0.1, -0.05) is 54.6 Å². The van der Waals surface area contributed by atoms with Crippen molar-refractivity contribution < 1.29 is 19.2 Å². The van der Waals surface area contributed by atoms with Gasteiger partial charge in [-0.25, -0.2) is 0 Å². The highest BCUT2D eigenvalue weighted by Gasteiger charge is 2.36. The Labute approximate surface area is 202 Å². The van der Waals surface area contributed by atoms with Crippen LogP contribution in [0.2, 0.25) is 0 Å². The maximum absolute atomic E-state index is 12.8. The van der Waals surface area contributed by atoms with Gasteiger partial charge in [-0.2, -0.15) is 0 Å². The molecule has 0 bridgehead atoms. The van der Waals surface area contributed by atoms with E-state index in [4.69, 9.17) is 4.74 Å². The molecule has 0 aliphatic carbocycles. The van der Waals surface area contributed by atoms with Gasteiger partial charge in [-0.3, -0.25) is 24.6 Å². The number of para-hydroxylation sites is 1. The van der Waals surface area contributed by atoms with Crippen LogP contribution in [0.5, 0.6) is 5.75 Å². The van der Waals surface area contributed by atoms with Crippen molar-refractivity contribution >= 4 is 50.6 Å². The van der Waals surface area contributed by atoms with E-state index in [2.05, 4.69) is 15.9 Å². The lowest BCUT2D eigenvalue weighted by atomic mass is 10.1. The molecule has 33 heavy (non-hydrogen) atoms. The number of nitrogens with zero attached hydrogens (tertiary/aromatic N) is 2. The number of amides is 2. The van der Waals surface area contributed by atoms with Crippen LogP contribution in [-0.2, 0) is 17.9 Å². The maximum Gasteiger partial charge on any atom is 0.293 e. The summed E-state index contributed by atoms with van der Waals surface area (Å²) in [6.07, 6.45) is 1.62. The van der Waals surface area contributed by atoms with Crippen LogP contribution in [0.25, 0.3) is 6.08 Å². The number of hydrogen-bond donors (Lipinski definition) is 0. The molecule has 2 amide bonds. The van der Waals surface area contributed by atoms with Crippen LogP contribution in [0.3, 0.4) is 0 Å². The molecule has 0 N–H and O–H groups in total. The SMILES string of the molecule is O=C1S/C(=C\c2ccc(OCc3ccccc3)c(Br)c2)C(=O)N1Cc1ccccc1[N+](=O)[O-]. The predicted octanol–water partition coefficient (Wildman–Crippen LogP) is 6.17. The number of nitro groups is 1. The Morgan fingerprint density at radius 2 is 1.76 bits per heavy atom. The van der Waals surface area contributed by atoms with Gasteiger partial charge in [-0.15, -0.1) is 0 Å². The largest absolute Gasteiger partial charge is 0.488 e. The standard InChI is InChI=1S/C24H17BrN2O5S/c25-19-12-17(10-11-21(19)32-15-16-6-2-1-3-7-16)13-22-23(28)26(24(29)33-22)14-18-8-4-5-9-20(18)27(30)31/h1-13H,14-15H2/b22-13-. The van der Waals surface area contributed by atoms with E-state index in [9.17, 15) is 19.7 Å². The summed E-state index contributed by atoms with van der Waals surface area (Å²) in [6, 6.07) is 21.2. The van der Waals surface area contributed by atoms with Gasteiger partial charge in [0.05, 0.1) is 20.8 Å². The van der Waals surface area contributed by atoms with E-state index >= 15 is 0 Å². The summed E-state index contributed by atoms with van der Waals surface area (Å²) in [4.78, 5) is 37.3. The van der Waals surface area contributed by atoms with Gasteiger partial charge >= 0.3 is 0 Å². The molecule has 166 valence electrons. The van der Waals surface area contributed by atoms with Crippen LogP contribution in [0.1, 0.15) is 16.7 Å². The molecule has 3 aromatic rings. The third kappa shape index (κ3) is 5.32. The summed E-state index contributed by atoms with van der Waals surface area (Å²) in [7, 11) is 0. The highest BCUT2D eigenvalue weighted by atomic mass is 79.9. The third-order valence-corrected chi connectivity index (χ3v) is 6.41. The summed E-state index contributed by atoms with van der Waals surface area (Å²) >= 11 is 4.30. The normalized spacial score (nSPS) is 14.7. The fourth-order valence-electron chi connectivity index (χ4n) is 3.24. The van der Waals surface area contributed by atoms with Crippen LogP contribution in [-0.4, -0.2) is 21.0 Å². The molecule has 0 aromatic heterocycles. The molecule has 9 heteroatoms. The van der Waals surface area contributed by atoms with E-state index in [0.717, 1.165) is 22.2 Å². The Kier molecular flexibility index (Phi) is 6.90. The van der Waals surface area contributed by atoms with Gasteiger partial charge in [0.25, 0.3) is 16.8 Å². The fraction of sp³-hybridized carbons (Fsp3) is 0.0833. The zero-order chi connectivity index (χ0) is 23.4. The van der Waals surface area contributed by atoms with E-state index in [0.29, 0.717) is 28.0 Å². The van der Waals surface area contributed by atoms with Crippen molar-refractivity contribution in [1.82, 2.24) is 4.90 Å². The Morgan fingerprint density at radius 3 is 2.48 bits per heavy atom. The number of nitro benzene ring substituents is 1. The molecule has 3 aromatic carbocycles. The minimum Gasteiger partial charge on any atom is -0.488 e. The van der Waals surface area contributed by atoms with Gasteiger partial charge in [0.1, 0.15) is 12.4 Å². The van der Waals surface area contributed by atoms with Crippen molar-refractivity contribution in [2.45, 2.75) is 13.2 Å². The van der Waals surface area contributed by atoms with E-state index in [1.165, 1.54) is 12.1 Å². The van der Waals surface area contributed by atoms with Gasteiger partial charge < -0.3 is 4.74 Å². The average Bonchev–Trinajstić information content (AvgIpc) is 3.07. The summed E-state index contributed by atoms with van der Waals surface area (Å²) in [5, 5.41) is 10.8. The van der Waals surface area contributed by atoms with Crippen molar-refractivity contribution in [3.05, 3.63) is 109 Å². The average molecular weight is 525 g/mol. The summed E-state index contributed by atoms with van der Waals surface area (Å²) in [6.45, 7) is 0.262. The first kappa shape index (κ1) is 22.8. The molecule has 0 unspecified atom stereocenters. The van der Waals surface area contributed by atoms with Crippen LogP contribution >= 0.6 is 27.7 Å². The first-order valence-electron chi connectivity index (χ1n) is 9.86. The second-order valence-corrected chi connectivity index (χ2v) is 8.97. The van der Waals surface area contributed by atoms with Crippen LogP contribution in [0.4, 0.5) is 10.5 Å². The fourth-order valence-corrected chi connectivity index (χ4v) is 4.59. The molecule has 0 spiro atoms. The molecule has 1 fully saturated rings. The second kappa shape index (κ2) is 10.0. The smallest absolute Gasteiger partial charge is 0.293 e. The number of rotatable bonds is 7. The number of thioether (sulfide) groups is 1. The van der Waals surface area contributed by atoms with Crippen molar-refractivity contribution in [1.29, 1.82) is 0 Å². The van der Waals surface area contributed by atoms with Crippen molar-refractivity contribution in [2.24, 2.45) is 0 Å².